The molecule has 1 aliphatic heterocycles. The monoisotopic (exact) mass is 671 g/mol. The number of hydrogen-bond donors (Lipinski definition) is 2. The quantitative estimate of drug-likeness (QED) is 0.144. The molecule has 0 saturated carbocycles. The van der Waals surface area contributed by atoms with Crippen LogP contribution in [0.2, 0.25) is 0 Å². The third-order valence-electron chi connectivity index (χ3n) is 6.50. The minimum absolute atomic E-state index is 0.0427. The largest absolute Gasteiger partial charge is 0.504 e. The Morgan fingerprint density at radius 2 is 1.75 bits per heavy atom. The van der Waals surface area contributed by atoms with E-state index >= 15 is 0 Å². The Bertz CT molecular complexity index is 1640. The number of ether oxygens (including phenoxy) is 1. The van der Waals surface area contributed by atoms with Gasteiger partial charge in [-0.1, -0.05) is 113 Å². The van der Waals surface area contributed by atoms with Gasteiger partial charge in [0.05, 0.1) is 18.9 Å². The summed E-state index contributed by atoms with van der Waals surface area (Å²) in [6, 6.07) is 21.9. The van der Waals surface area contributed by atoms with Crippen LogP contribution in [0.5, 0.6) is 11.5 Å². The van der Waals surface area contributed by atoms with Gasteiger partial charge in [-0.25, -0.2) is 0 Å². The number of benzene rings is 3. The molecule has 0 atom stereocenters. The van der Waals surface area contributed by atoms with E-state index in [-0.39, 0.29) is 39.5 Å². The molecule has 0 spiro atoms. The molecule has 0 radical (unpaired) electrons. The van der Waals surface area contributed by atoms with Crippen LogP contribution in [0.3, 0.4) is 0 Å². The van der Waals surface area contributed by atoms with Gasteiger partial charge < -0.3 is 15.2 Å². The van der Waals surface area contributed by atoms with E-state index in [9.17, 15) is 19.5 Å². The SMILES string of the molecule is C=C/C=C\C(=C/C)N1C(=O)/C(=C/c2cc(Br)cc(OC)c2O)C(=O)N=C1SCC(=O)NC(c1ccccc1)c1ccccc1. The molecule has 0 unspecified atom stereocenters. The molecule has 4 rings (SSSR count). The average Bonchev–Trinajstić information content (AvgIpc) is 3.04. The maximum absolute atomic E-state index is 13.9. The van der Waals surface area contributed by atoms with Gasteiger partial charge in [0.25, 0.3) is 11.8 Å². The Kier molecular flexibility index (Phi) is 11.1. The number of halogens is 1. The zero-order chi connectivity index (χ0) is 31.6. The van der Waals surface area contributed by atoms with Crippen LogP contribution in [0, 0.1) is 0 Å². The number of amidine groups is 1. The van der Waals surface area contributed by atoms with Crippen LogP contribution < -0.4 is 10.1 Å². The lowest BCUT2D eigenvalue weighted by Gasteiger charge is -2.28. The molecule has 3 aromatic carbocycles. The van der Waals surface area contributed by atoms with E-state index in [2.05, 4.69) is 32.8 Å². The highest BCUT2D eigenvalue weighted by atomic mass is 79.9. The number of nitrogens with zero attached hydrogens (tertiary/aromatic N) is 2. The summed E-state index contributed by atoms with van der Waals surface area (Å²) in [6.45, 7) is 5.43. The Balaban J connectivity index is 1.65. The molecule has 8 nitrogen and oxygen atoms in total. The first kappa shape index (κ1) is 32.2. The molecule has 0 saturated heterocycles. The van der Waals surface area contributed by atoms with Gasteiger partial charge in [-0.15, -0.1) is 0 Å². The fraction of sp³-hybridized carbons (Fsp3) is 0.118. The van der Waals surface area contributed by atoms with E-state index in [0.717, 1.165) is 22.9 Å². The van der Waals surface area contributed by atoms with Crippen LogP contribution in [0.1, 0.15) is 29.7 Å². The highest BCUT2D eigenvalue weighted by Gasteiger charge is 2.35. The number of methoxy groups -OCH3 is 1. The first-order valence-electron chi connectivity index (χ1n) is 13.5. The summed E-state index contributed by atoms with van der Waals surface area (Å²) in [5.74, 6) is -1.97. The number of thioether (sulfide) groups is 1. The van der Waals surface area contributed by atoms with E-state index in [1.807, 2.05) is 60.7 Å². The standard InChI is InChI=1S/C34H30BrN3O5S/c1-4-6-17-26(5-2)38-33(42)27(19-24-18-25(35)20-28(43-3)31(24)40)32(41)37-34(38)44-21-29(39)36-30(22-13-9-7-10-14-22)23-15-11-8-12-16-23/h4-20,30,40H,1,21H2,2-3H3,(H,36,39)/b17-6-,26-5+,27-19+. The van der Waals surface area contributed by atoms with E-state index in [1.165, 1.54) is 18.1 Å². The number of aromatic hydroxyl groups is 1. The van der Waals surface area contributed by atoms with Crippen molar-refractivity contribution in [1.29, 1.82) is 0 Å². The smallest absolute Gasteiger partial charge is 0.285 e. The van der Waals surface area contributed by atoms with Gasteiger partial charge in [-0.3, -0.25) is 19.3 Å². The second-order valence-corrected chi connectivity index (χ2v) is 11.2. The zero-order valence-corrected chi connectivity index (χ0v) is 26.5. The van der Waals surface area contributed by atoms with Crippen LogP contribution in [0.4, 0.5) is 0 Å². The minimum atomic E-state index is -0.804. The highest BCUT2D eigenvalue weighted by molar-refractivity contribution is 9.10. The summed E-state index contributed by atoms with van der Waals surface area (Å²) < 4.78 is 5.77. The van der Waals surface area contributed by atoms with Crippen molar-refractivity contribution < 1.29 is 24.2 Å². The zero-order valence-electron chi connectivity index (χ0n) is 24.1. The number of phenols is 1. The molecule has 0 aromatic heterocycles. The number of rotatable bonds is 10. The maximum Gasteiger partial charge on any atom is 0.285 e. The van der Waals surface area contributed by atoms with Crippen molar-refractivity contribution in [2.24, 2.45) is 4.99 Å². The Hall–Kier alpha value is -4.67. The molecule has 1 aliphatic rings. The number of carbonyl (C=O) groups is 3. The lowest BCUT2D eigenvalue weighted by atomic mass is 9.99. The fourth-order valence-corrected chi connectivity index (χ4v) is 5.67. The molecule has 224 valence electrons. The van der Waals surface area contributed by atoms with Crippen molar-refractivity contribution in [2.45, 2.75) is 13.0 Å². The van der Waals surface area contributed by atoms with Gasteiger partial charge in [0, 0.05) is 15.7 Å². The number of carbonyl (C=O) groups excluding carboxylic acids is 3. The summed E-state index contributed by atoms with van der Waals surface area (Å²) >= 11 is 4.32. The van der Waals surface area contributed by atoms with Crippen LogP contribution in [0.15, 0.2) is 124 Å². The maximum atomic E-state index is 13.9. The lowest BCUT2D eigenvalue weighted by molar-refractivity contribution is -0.126. The first-order chi connectivity index (χ1) is 21.3. The van der Waals surface area contributed by atoms with Crippen LogP contribution >= 0.6 is 27.7 Å². The number of aliphatic imine (C=N–C) groups is 1. The Morgan fingerprint density at radius 1 is 1.11 bits per heavy atom. The van der Waals surface area contributed by atoms with E-state index in [1.54, 1.807) is 43.4 Å². The molecular weight excluding hydrogens is 642 g/mol. The van der Waals surface area contributed by atoms with Gasteiger partial charge in [0.15, 0.2) is 16.7 Å². The molecule has 1 heterocycles. The second-order valence-electron chi connectivity index (χ2n) is 9.36. The minimum Gasteiger partial charge on any atom is -0.504 e. The van der Waals surface area contributed by atoms with E-state index < -0.39 is 17.9 Å². The second kappa shape index (κ2) is 15.2. The molecule has 0 fully saturated rings. The van der Waals surface area contributed by atoms with Crippen molar-refractivity contribution in [3.05, 3.63) is 136 Å². The molecular formula is C34H30BrN3O5S. The normalized spacial score (nSPS) is 14.7. The van der Waals surface area contributed by atoms with Crippen molar-refractivity contribution in [3.63, 3.8) is 0 Å². The third kappa shape index (κ3) is 7.64. The van der Waals surface area contributed by atoms with Crippen molar-refractivity contribution in [2.75, 3.05) is 12.9 Å². The molecule has 3 amide bonds. The number of allylic oxidation sites excluding steroid dienone is 4. The first-order valence-corrected chi connectivity index (χ1v) is 15.3. The summed E-state index contributed by atoms with van der Waals surface area (Å²) in [6.07, 6.45) is 7.80. The summed E-state index contributed by atoms with van der Waals surface area (Å²) in [7, 11) is 1.40. The fourth-order valence-electron chi connectivity index (χ4n) is 4.41. The van der Waals surface area contributed by atoms with Gasteiger partial charge in [0.1, 0.15) is 5.57 Å². The molecule has 0 bridgehead atoms. The summed E-state index contributed by atoms with van der Waals surface area (Å²) in [4.78, 5) is 45.9. The summed E-state index contributed by atoms with van der Waals surface area (Å²) in [5.41, 5.74) is 2.16. The lowest BCUT2D eigenvalue weighted by Crippen LogP contribution is -2.42. The highest BCUT2D eigenvalue weighted by Crippen LogP contribution is 2.36. The number of amides is 3. The third-order valence-corrected chi connectivity index (χ3v) is 7.90. The van der Waals surface area contributed by atoms with Gasteiger partial charge in [-0.05, 0) is 42.3 Å². The van der Waals surface area contributed by atoms with Gasteiger partial charge in [-0.2, -0.15) is 4.99 Å². The predicted octanol–water partition coefficient (Wildman–Crippen LogP) is 6.56. The topological polar surface area (TPSA) is 108 Å². The predicted molar refractivity (Wildman–Crippen MR) is 178 cm³/mol. The van der Waals surface area contributed by atoms with Crippen LogP contribution in [-0.4, -0.2) is 45.8 Å². The van der Waals surface area contributed by atoms with E-state index in [0.29, 0.717) is 10.2 Å². The van der Waals surface area contributed by atoms with Crippen LogP contribution in [-0.2, 0) is 14.4 Å². The number of nitrogens with one attached hydrogen (secondary N) is 1. The summed E-state index contributed by atoms with van der Waals surface area (Å²) in [5, 5.41) is 13.8. The van der Waals surface area contributed by atoms with Gasteiger partial charge in [0.2, 0.25) is 5.91 Å². The number of phenolic OH excluding ortho intramolecular Hbond substituents is 1. The van der Waals surface area contributed by atoms with Crippen LogP contribution in [0.25, 0.3) is 6.08 Å². The molecule has 2 N–H and O–H groups in total. The molecule has 44 heavy (non-hydrogen) atoms. The van der Waals surface area contributed by atoms with Crippen molar-refractivity contribution >= 4 is 56.7 Å². The van der Waals surface area contributed by atoms with Crippen molar-refractivity contribution in [1.82, 2.24) is 10.2 Å². The molecule has 3 aromatic rings. The van der Waals surface area contributed by atoms with E-state index in [4.69, 9.17) is 4.74 Å². The molecule has 0 aliphatic carbocycles. The Morgan fingerprint density at radius 3 is 2.32 bits per heavy atom. The molecule has 10 heteroatoms. The average molecular weight is 673 g/mol. The van der Waals surface area contributed by atoms with Crippen molar-refractivity contribution in [3.8, 4) is 11.5 Å². The van der Waals surface area contributed by atoms with Gasteiger partial charge >= 0.3 is 0 Å². The number of hydrogen-bond acceptors (Lipinski definition) is 6. The Labute approximate surface area is 268 Å².